The molecule has 0 radical (unpaired) electrons. The van der Waals surface area contributed by atoms with Crippen molar-refractivity contribution >= 4 is 44.9 Å². The predicted octanol–water partition coefficient (Wildman–Crippen LogP) is 5.40. The van der Waals surface area contributed by atoms with Crippen LogP contribution in [-0.2, 0) is 14.8 Å². The van der Waals surface area contributed by atoms with E-state index in [1.807, 2.05) is 0 Å². The maximum absolute atomic E-state index is 13.9. The minimum absolute atomic E-state index is 0.0709. The summed E-state index contributed by atoms with van der Waals surface area (Å²) < 4.78 is 39.9. The highest BCUT2D eigenvalue weighted by molar-refractivity contribution is 7.92. The lowest BCUT2D eigenvalue weighted by molar-refractivity contribution is -0.137. The number of para-hydroxylation sites is 1. The van der Waals surface area contributed by atoms with Gasteiger partial charge < -0.3 is 14.6 Å². The molecular formula is C23H19Cl2NO6S. The number of nitrogens with zero attached hydrogens (tertiary/aromatic N) is 1. The fourth-order valence-corrected chi connectivity index (χ4v) is 6.06. The van der Waals surface area contributed by atoms with Crippen molar-refractivity contribution in [2.24, 2.45) is 0 Å². The zero-order valence-corrected chi connectivity index (χ0v) is 19.9. The largest absolute Gasteiger partial charge is 0.497 e. The third-order valence-corrected chi connectivity index (χ3v) is 7.99. The number of ether oxygens (including phenoxy) is 2. The van der Waals surface area contributed by atoms with E-state index >= 15 is 0 Å². The maximum atomic E-state index is 13.9. The van der Waals surface area contributed by atoms with Gasteiger partial charge in [0.2, 0.25) is 0 Å². The highest BCUT2D eigenvalue weighted by atomic mass is 35.5. The van der Waals surface area contributed by atoms with Crippen LogP contribution >= 0.6 is 23.2 Å². The number of halogens is 2. The Bertz CT molecular complexity index is 1360. The standard InChI is InChI=1S/C23H19Cl2NO6S/c1-31-13-9-16-20(12-22(27)28)26(33(29,30)14-7-8-17(24)18(25)11-14)19-6-4-3-5-15(19)23(16)21(10-13)32-2/h3-11,20H,12H2,1-2H3,(H,27,28). The number of carbonyl (C=O) groups is 1. The van der Waals surface area contributed by atoms with Gasteiger partial charge >= 0.3 is 5.97 Å². The molecule has 33 heavy (non-hydrogen) atoms. The van der Waals surface area contributed by atoms with Crippen molar-refractivity contribution in [3.63, 3.8) is 0 Å². The van der Waals surface area contributed by atoms with E-state index < -0.39 is 28.5 Å². The molecule has 1 N–H and O–H groups in total. The zero-order chi connectivity index (χ0) is 23.9. The van der Waals surface area contributed by atoms with Crippen molar-refractivity contribution in [3.05, 3.63) is 70.2 Å². The van der Waals surface area contributed by atoms with E-state index in [0.29, 0.717) is 33.9 Å². The Labute approximate surface area is 201 Å². The average molecular weight is 508 g/mol. The van der Waals surface area contributed by atoms with Crippen LogP contribution in [0.1, 0.15) is 18.0 Å². The number of hydrogen-bond donors (Lipinski definition) is 1. The maximum Gasteiger partial charge on any atom is 0.305 e. The highest BCUT2D eigenvalue weighted by Gasteiger charge is 2.41. The molecular weight excluding hydrogens is 489 g/mol. The summed E-state index contributed by atoms with van der Waals surface area (Å²) in [7, 11) is -1.29. The number of aliphatic carboxylic acids is 1. The van der Waals surface area contributed by atoms with Crippen molar-refractivity contribution in [3.8, 4) is 22.6 Å². The normalized spacial score (nSPS) is 14.9. The Morgan fingerprint density at radius 1 is 1.03 bits per heavy atom. The number of rotatable bonds is 6. The second kappa shape index (κ2) is 8.78. The van der Waals surface area contributed by atoms with E-state index in [0.717, 1.165) is 4.31 Å². The molecule has 0 saturated carbocycles. The van der Waals surface area contributed by atoms with E-state index in [1.54, 1.807) is 36.4 Å². The van der Waals surface area contributed by atoms with Gasteiger partial charge in [-0.2, -0.15) is 0 Å². The van der Waals surface area contributed by atoms with Crippen LogP contribution < -0.4 is 13.8 Å². The number of methoxy groups -OCH3 is 2. The van der Waals surface area contributed by atoms with E-state index in [-0.39, 0.29) is 14.9 Å². The third-order valence-electron chi connectivity index (χ3n) is 5.43. The number of carboxylic acids is 1. The molecule has 7 nitrogen and oxygen atoms in total. The second-order valence-corrected chi connectivity index (χ2v) is 9.93. The number of anilines is 1. The number of benzene rings is 3. The van der Waals surface area contributed by atoms with Crippen LogP contribution in [0.2, 0.25) is 10.0 Å². The molecule has 4 rings (SSSR count). The van der Waals surface area contributed by atoms with Gasteiger partial charge in [0.25, 0.3) is 10.0 Å². The summed E-state index contributed by atoms with van der Waals surface area (Å²) in [4.78, 5) is 11.8. The molecule has 3 aromatic carbocycles. The lowest BCUT2D eigenvalue weighted by atomic mass is 9.87. The van der Waals surface area contributed by atoms with Gasteiger partial charge in [-0.05, 0) is 35.9 Å². The van der Waals surface area contributed by atoms with Gasteiger partial charge in [-0.15, -0.1) is 0 Å². The molecule has 3 aromatic rings. The van der Waals surface area contributed by atoms with Gasteiger partial charge in [-0.1, -0.05) is 41.4 Å². The molecule has 0 fully saturated rings. The van der Waals surface area contributed by atoms with Gasteiger partial charge in [0.1, 0.15) is 11.5 Å². The minimum atomic E-state index is -4.25. The fourth-order valence-electron chi connectivity index (χ4n) is 4.02. The zero-order valence-electron chi connectivity index (χ0n) is 17.6. The summed E-state index contributed by atoms with van der Waals surface area (Å²) in [5.41, 5.74) is 1.97. The van der Waals surface area contributed by atoms with E-state index in [2.05, 4.69) is 0 Å². The lowest BCUT2D eigenvalue weighted by Crippen LogP contribution is -2.38. The summed E-state index contributed by atoms with van der Waals surface area (Å²) in [6.07, 6.45) is -0.488. The third kappa shape index (κ3) is 3.99. The Morgan fingerprint density at radius 2 is 1.76 bits per heavy atom. The molecule has 1 atom stereocenters. The number of hydrogen-bond acceptors (Lipinski definition) is 5. The monoisotopic (exact) mass is 507 g/mol. The minimum Gasteiger partial charge on any atom is -0.497 e. The highest BCUT2D eigenvalue weighted by Crippen LogP contribution is 2.52. The SMILES string of the molecule is COc1cc(OC)c2c(c1)C(CC(=O)O)N(S(=O)(=O)c1ccc(Cl)c(Cl)c1)c1ccccc1-2. The molecule has 0 aromatic heterocycles. The van der Waals surface area contributed by atoms with Crippen LogP contribution in [0.5, 0.6) is 11.5 Å². The fraction of sp³-hybridized carbons (Fsp3) is 0.174. The molecule has 1 aliphatic heterocycles. The summed E-state index contributed by atoms with van der Waals surface area (Å²) in [5, 5.41) is 9.98. The van der Waals surface area contributed by atoms with Crippen LogP contribution in [0.15, 0.2) is 59.5 Å². The van der Waals surface area contributed by atoms with E-state index in [1.165, 1.54) is 32.4 Å². The first-order valence-corrected chi connectivity index (χ1v) is 11.9. The molecule has 0 amide bonds. The molecule has 1 aliphatic rings. The molecule has 0 spiro atoms. The first-order chi connectivity index (χ1) is 15.7. The summed E-state index contributed by atoms with van der Waals surface area (Å²) in [5.74, 6) is -0.313. The van der Waals surface area contributed by atoms with Crippen molar-refractivity contribution in [2.75, 3.05) is 18.5 Å². The first-order valence-electron chi connectivity index (χ1n) is 9.75. The van der Waals surface area contributed by atoms with E-state index in [4.69, 9.17) is 32.7 Å². The predicted molar refractivity (Wildman–Crippen MR) is 126 cm³/mol. The Morgan fingerprint density at radius 3 is 2.39 bits per heavy atom. The number of sulfonamides is 1. The Kier molecular flexibility index (Phi) is 6.18. The quantitative estimate of drug-likeness (QED) is 0.479. The van der Waals surface area contributed by atoms with Crippen LogP contribution in [0.25, 0.3) is 11.1 Å². The van der Waals surface area contributed by atoms with Crippen LogP contribution in [0.3, 0.4) is 0 Å². The molecule has 0 aliphatic carbocycles. The molecule has 172 valence electrons. The summed E-state index contributed by atoms with van der Waals surface area (Å²) >= 11 is 12.1. The molecule has 10 heteroatoms. The van der Waals surface area contributed by atoms with Gasteiger partial charge in [-0.25, -0.2) is 8.42 Å². The van der Waals surface area contributed by atoms with Crippen molar-refractivity contribution in [1.29, 1.82) is 0 Å². The summed E-state index contributed by atoms with van der Waals surface area (Å²) in [6.45, 7) is 0. The van der Waals surface area contributed by atoms with Crippen molar-refractivity contribution < 1.29 is 27.8 Å². The van der Waals surface area contributed by atoms with Gasteiger partial charge in [0.05, 0.1) is 47.3 Å². The number of carboxylic acid groups (broad SMARTS) is 1. The average Bonchev–Trinajstić information content (AvgIpc) is 2.79. The summed E-state index contributed by atoms with van der Waals surface area (Å²) in [6, 6.07) is 13.1. The van der Waals surface area contributed by atoms with Crippen LogP contribution in [0, 0.1) is 0 Å². The van der Waals surface area contributed by atoms with Crippen LogP contribution in [0.4, 0.5) is 5.69 Å². The molecule has 0 saturated heterocycles. The Balaban J connectivity index is 2.05. The lowest BCUT2D eigenvalue weighted by Gasteiger charge is -2.39. The molecule has 0 bridgehead atoms. The van der Waals surface area contributed by atoms with Gasteiger partial charge in [0.15, 0.2) is 0 Å². The molecule has 1 heterocycles. The van der Waals surface area contributed by atoms with Crippen molar-refractivity contribution in [1.82, 2.24) is 0 Å². The Hall–Kier alpha value is -2.94. The number of fused-ring (bicyclic) bond motifs is 3. The smallest absolute Gasteiger partial charge is 0.305 e. The second-order valence-electron chi connectivity index (χ2n) is 7.30. The first kappa shape index (κ1) is 23.2. The van der Waals surface area contributed by atoms with E-state index in [9.17, 15) is 18.3 Å². The van der Waals surface area contributed by atoms with Crippen LogP contribution in [-0.4, -0.2) is 33.7 Å². The van der Waals surface area contributed by atoms with Gasteiger partial charge in [-0.3, -0.25) is 9.10 Å². The topological polar surface area (TPSA) is 93.1 Å². The molecule has 1 unspecified atom stereocenters. The van der Waals surface area contributed by atoms with Gasteiger partial charge in [0, 0.05) is 17.2 Å². The van der Waals surface area contributed by atoms with Crippen molar-refractivity contribution in [2.45, 2.75) is 17.4 Å².